The second-order valence-corrected chi connectivity index (χ2v) is 3.57. The number of anilines is 1. The van der Waals surface area contributed by atoms with Gasteiger partial charge in [0, 0.05) is 6.54 Å². The smallest absolute Gasteiger partial charge is 0.322 e. The minimum absolute atomic E-state index is 0.113. The Morgan fingerprint density at radius 2 is 2.33 bits per heavy atom. The molecule has 1 aromatic carbocycles. The molecule has 3 nitrogen and oxygen atoms in total. The topological polar surface area (TPSA) is 32.3 Å². The van der Waals surface area contributed by atoms with Gasteiger partial charge >= 0.3 is 6.03 Å². The molecule has 1 heterocycles. The molecule has 0 bridgehead atoms. The first-order valence-electron chi connectivity index (χ1n) is 4.94. The number of carbonyl (C=O) groups is 1. The summed E-state index contributed by atoms with van der Waals surface area (Å²) in [5.41, 5.74) is 3.03. The molecule has 2 amide bonds. The lowest BCUT2D eigenvalue weighted by Crippen LogP contribution is -2.45. The van der Waals surface area contributed by atoms with E-state index in [1.165, 1.54) is 4.90 Å². The lowest BCUT2D eigenvalue weighted by Gasteiger charge is -2.30. The molecule has 1 aliphatic rings. The fourth-order valence-corrected chi connectivity index (χ4v) is 1.84. The van der Waals surface area contributed by atoms with E-state index < -0.39 is 6.67 Å². The zero-order valence-corrected chi connectivity index (χ0v) is 8.59. The Morgan fingerprint density at radius 1 is 1.53 bits per heavy atom. The highest BCUT2D eigenvalue weighted by molar-refractivity contribution is 5.95. The average molecular weight is 208 g/mol. The predicted octanol–water partition coefficient (Wildman–Crippen LogP) is 1.99. The van der Waals surface area contributed by atoms with Crippen molar-refractivity contribution in [2.45, 2.75) is 13.5 Å². The molecule has 0 unspecified atom stereocenters. The maximum atomic E-state index is 12.3. The van der Waals surface area contributed by atoms with Gasteiger partial charge in [0.1, 0.15) is 6.67 Å². The number of aryl methyl sites for hydroxylation is 1. The van der Waals surface area contributed by atoms with Crippen LogP contribution >= 0.6 is 0 Å². The summed E-state index contributed by atoms with van der Waals surface area (Å²) in [6, 6.07) is 5.52. The number of carbonyl (C=O) groups excluding carboxylic acids is 1. The molecule has 15 heavy (non-hydrogen) atoms. The molecule has 2 rings (SSSR count). The molecule has 0 aromatic heterocycles. The standard InChI is InChI=1S/C11H13FN2O/c1-8-3-2-4-10-9(8)7-13-11(15)14(10)6-5-12/h2-4H,5-7H2,1H3,(H,13,15). The molecule has 0 aliphatic carbocycles. The molecule has 1 aromatic rings. The van der Waals surface area contributed by atoms with E-state index in [0.29, 0.717) is 6.54 Å². The summed E-state index contributed by atoms with van der Waals surface area (Å²) in [5, 5.41) is 2.73. The monoisotopic (exact) mass is 208 g/mol. The molecule has 4 heteroatoms. The summed E-state index contributed by atoms with van der Waals surface area (Å²) < 4.78 is 12.3. The van der Waals surface area contributed by atoms with Crippen molar-refractivity contribution in [1.29, 1.82) is 0 Å². The molecule has 0 fully saturated rings. The van der Waals surface area contributed by atoms with Gasteiger partial charge in [-0.25, -0.2) is 9.18 Å². The molecule has 0 spiro atoms. The van der Waals surface area contributed by atoms with Crippen LogP contribution in [0.4, 0.5) is 14.9 Å². The summed E-state index contributed by atoms with van der Waals surface area (Å²) in [4.78, 5) is 13.0. The number of nitrogens with one attached hydrogen (secondary N) is 1. The van der Waals surface area contributed by atoms with Gasteiger partial charge in [-0.15, -0.1) is 0 Å². The predicted molar refractivity (Wildman–Crippen MR) is 56.7 cm³/mol. The van der Waals surface area contributed by atoms with E-state index >= 15 is 0 Å². The number of rotatable bonds is 2. The van der Waals surface area contributed by atoms with E-state index in [1.807, 2.05) is 25.1 Å². The van der Waals surface area contributed by atoms with Crippen molar-refractivity contribution in [2.75, 3.05) is 18.1 Å². The zero-order valence-electron chi connectivity index (χ0n) is 8.59. The molecule has 0 saturated heterocycles. The lowest BCUT2D eigenvalue weighted by atomic mass is 10.0. The second-order valence-electron chi connectivity index (χ2n) is 3.57. The van der Waals surface area contributed by atoms with Crippen molar-refractivity contribution in [1.82, 2.24) is 5.32 Å². The van der Waals surface area contributed by atoms with Gasteiger partial charge in [-0.2, -0.15) is 0 Å². The number of nitrogens with zero attached hydrogens (tertiary/aromatic N) is 1. The molecule has 80 valence electrons. The fraction of sp³-hybridized carbons (Fsp3) is 0.364. The molecule has 1 aliphatic heterocycles. The quantitative estimate of drug-likeness (QED) is 0.792. The number of fused-ring (bicyclic) bond motifs is 1. The zero-order chi connectivity index (χ0) is 10.8. The fourth-order valence-electron chi connectivity index (χ4n) is 1.84. The first-order valence-corrected chi connectivity index (χ1v) is 4.94. The Hall–Kier alpha value is -1.58. The third kappa shape index (κ3) is 1.67. The van der Waals surface area contributed by atoms with Gasteiger partial charge in [0.25, 0.3) is 0 Å². The Kier molecular flexibility index (Phi) is 2.58. The minimum Gasteiger partial charge on any atom is -0.334 e. The van der Waals surface area contributed by atoms with Crippen molar-refractivity contribution < 1.29 is 9.18 Å². The Labute approximate surface area is 87.9 Å². The highest BCUT2D eigenvalue weighted by Crippen LogP contribution is 2.26. The van der Waals surface area contributed by atoms with Crippen LogP contribution in [-0.2, 0) is 6.54 Å². The van der Waals surface area contributed by atoms with Crippen LogP contribution in [0.2, 0.25) is 0 Å². The lowest BCUT2D eigenvalue weighted by molar-refractivity contribution is 0.243. The molecule has 0 radical (unpaired) electrons. The summed E-state index contributed by atoms with van der Waals surface area (Å²) in [7, 11) is 0. The van der Waals surface area contributed by atoms with Crippen LogP contribution in [0.25, 0.3) is 0 Å². The van der Waals surface area contributed by atoms with Gasteiger partial charge in [0.2, 0.25) is 0 Å². The Balaban J connectivity index is 2.43. The summed E-state index contributed by atoms with van der Waals surface area (Å²) in [6.45, 7) is 2.11. The number of amides is 2. The molecule has 0 saturated carbocycles. The van der Waals surface area contributed by atoms with Crippen molar-refractivity contribution in [3.05, 3.63) is 29.3 Å². The molecular formula is C11H13FN2O. The van der Waals surface area contributed by atoms with Gasteiger partial charge in [-0.05, 0) is 24.1 Å². The average Bonchev–Trinajstić information content (AvgIpc) is 2.23. The van der Waals surface area contributed by atoms with Crippen LogP contribution in [0, 0.1) is 6.92 Å². The number of urea groups is 1. The largest absolute Gasteiger partial charge is 0.334 e. The number of benzene rings is 1. The van der Waals surface area contributed by atoms with Gasteiger partial charge in [0.15, 0.2) is 0 Å². The van der Waals surface area contributed by atoms with Crippen molar-refractivity contribution in [3.63, 3.8) is 0 Å². The van der Waals surface area contributed by atoms with E-state index in [4.69, 9.17) is 0 Å². The normalized spacial score (nSPS) is 14.8. The van der Waals surface area contributed by atoms with E-state index in [1.54, 1.807) is 0 Å². The van der Waals surface area contributed by atoms with Crippen molar-refractivity contribution >= 4 is 11.7 Å². The van der Waals surface area contributed by atoms with Crippen LogP contribution in [0.15, 0.2) is 18.2 Å². The molecular weight excluding hydrogens is 195 g/mol. The summed E-state index contributed by atoms with van der Waals surface area (Å²) in [5.74, 6) is 0. The third-order valence-corrected chi connectivity index (χ3v) is 2.65. The van der Waals surface area contributed by atoms with Crippen molar-refractivity contribution in [3.8, 4) is 0 Å². The first kappa shape index (κ1) is 9.96. The summed E-state index contributed by atoms with van der Waals surface area (Å²) >= 11 is 0. The molecule has 1 N–H and O–H groups in total. The van der Waals surface area contributed by atoms with Gasteiger partial charge in [-0.1, -0.05) is 12.1 Å². The van der Waals surface area contributed by atoms with Crippen LogP contribution in [0.5, 0.6) is 0 Å². The SMILES string of the molecule is Cc1cccc2c1CNC(=O)N2CCF. The number of hydrogen-bond donors (Lipinski definition) is 1. The number of hydrogen-bond acceptors (Lipinski definition) is 1. The Morgan fingerprint density at radius 3 is 3.07 bits per heavy atom. The third-order valence-electron chi connectivity index (χ3n) is 2.65. The van der Waals surface area contributed by atoms with Crippen LogP contribution in [-0.4, -0.2) is 19.3 Å². The molecule has 0 atom stereocenters. The maximum Gasteiger partial charge on any atom is 0.322 e. The Bertz CT molecular complexity index is 392. The van der Waals surface area contributed by atoms with Gasteiger partial charge < -0.3 is 5.32 Å². The highest BCUT2D eigenvalue weighted by atomic mass is 19.1. The van der Waals surface area contributed by atoms with Crippen LogP contribution in [0.3, 0.4) is 0 Å². The number of halogens is 1. The van der Waals surface area contributed by atoms with E-state index in [2.05, 4.69) is 5.32 Å². The second kappa shape index (κ2) is 3.88. The van der Waals surface area contributed by atoms with Crippen molar-refractivity contribution in [2.24, 2.45) is 0 Å². The van der Waals surface area contributed by atoms with Crippen LogP contribution in [0.1, 0.15) is 11.1 Å². The first-order chi connectivity index (χ1) is 7.24. The van der Waals surface area contributed by atoms with E-state index in [0.717, 1.165) is 16.8 Å². The minimum atomic E-state index is -0.527. The van der Waals surface area contributed by atoms with E-state index in [-0.39, 0.29) is 12.6 Å². The summed E-state index contributed by atoms with van der Waals surface area (Å²) in [6.07, 6.45) is 0. The van der Waals surface area contributed by atoms with Crippen LogP contribution < -0.4 is 10.2 Å². The maximum absolute atomic E-state index is 12.3. The van der Waals surface area contributed by atoms with E-state index in [9.17, 15) is 9.18 Å². The van der Waals surface area contributed by atoms with Gasteiger partial charge in [-0.3, -0.25) is 4.90 Å². The number of alkyl halides is 1. The highest BCUT2D eigenvalue weighted by Gasteiger charge is 2.23. The van der Waals surface area contributed by atoms with Gasteiger partial charge in [0.05, 0.1) is 12.2 Å².